The maximum absolute atomic E-state index is 12.5. The average molecular weight is 366 g/mol. The van der Waals surface area contributed by atoms with E-state index in [0.717, 1.165) is 16.9 Å². The molecule has 27 heavy (non-hydrogen) atoms. The molecule has 140 valence electrons. The molecule has 2 aromatic carbocycles. The molecule has 1 atom stereocenters. The molecule has 1 aromatic heterocycles. The Morgan fingerprint density at radius 1 is 1.15 bits per heavy atom. The summed E-state index contributed by atoms with van der Waals surface area (Å²) < 4.78 is 5.20. The first-order valence-corrected chi connectivity index (χ1v) is 8.51. The molecule has 8 heteroatoms. The highest BCUT2D eigenvalue weighted by atomic mass is 16.5. The van der Waals surface area contributed by atoms with E-state index in [1.165, 1.54) is 0 Å². The first kappa shape index (κ1) is 18.5. The van der Waals surface area contributed by atoms with Gasteiger partial charge in [0.25, 0.3) is 5.91 Å². The van der Waals surface area contributed by atoms with Gasteiger partial charge in [-0.15, -0.1) is 10.2 Å². The summed E-state index contributed by atoms with van der Waals surface area (Å²) in [6.07, 6.45) is 0. The lowest BCUT2D eigenvalue weighted by atomic mass is 10.1. The molecular weight excluding hydrogens is 344 g/mol. The van der Waals surface area contributed by atoms with Crippen LogP contribution in [0.15, 0.2) is 48.5 Å². The molecule has 3 rings (SSSR count). The normalized spacial score (nSPS) is 12.0. The van der Waals surface area contributed by atoms with Crippen LogP contribution >= 0.6 is 0 Å². The van der Waals surface area contributed by atoms with E-state index in [1.54, 1.807) is 31.4 Å². The average Bonchev–Trinajstić information content (AvgIpc) is 3.23. The summed E-state index contributed by atoms with van der Waals surface area (Å²) in [4.78, 5) is 14.6. The van der Waals surface area contributed by atoms with Crippen molar-refractivity contribution in [2.75, 3.05) is 27.7 Å². The number of nitrogens with zero attached hydrogens (tertiary/aromatic N) is 4. The van der Waals surface area contributed by atoms with Crippen molar-refractivity contribution >= 4 is 5.91 Å². The van der Waals surface area contributed by atoms with Crippen molar-refractivity contribution in [1.82, 2.24) is 30.8 Å². The van der Waals surface area contributed by atoms with Crippen LogP contribution in [0.2, 0.25) is 0 Å². The third kappa shape index (κ3) is 4.48. The summed E-state index contributed by atoms with van der Waals surface area (Å²) in [7, 11) is 5.62. The number of aromatic amines is 1. The quantitative estimate of drug-likeness (QED) is 0.663. The Bertz CT molecular complexity index is 860. The number of nitrogens with one attached hydrogen (secondary N) is 2. The van der Waals surface area contributed by atoms with E-state index in [4.69, 9.17) is 4.74 Å². The summed E-state index contributed by atoms with van der Waals surface area (Å²) in [5, 5.41) is 16.8. The van der Waals surface area contributed by atoms with Crippen LogP contribution in [0.5, 0.6) is 5.75 Å². The number of aromatic nitrogens is 4. The molecule has 0 fully saturated rings. The fraction of sp³-hybridized carbons (Fsp3) is 0.263. The molecule has 1 amide bonds. The van der Waals surface area contributed by atoms with E-state index in [9.17, 15) is 4.79 Å². The summed E-state index contributed by atoms with van der Waals surface area (Å²) in [5.41, 5.74) is 2.48. The van der Waals surface area contributed by atoms with Crippen molar-refractivity contribution in [3.63, 3.8) is 0 Å². The number of hydrogen-bond acceptors (Lipinski definition) is 6. The number of ether oxygens (including phenoxy) is 1. The first-order chi connectivity index (χ1) is 13.1. The van der Waals surface area contributed by atoms with E-state index in [0.29, 0.717) is 17.9 Å². The van der Waals surface area contributed by atoms with Gasteiger partial charge in [0, 0.05) is 17.7 Å². The summed E-state index contributed by atoms with van der Waals surface area (Å²) in [6, 6.07) is 15.0. The summed E-state index contributed by atoms with van der Waals surface area (Å²) in [5.74, 6) is 1.17. The Balaban J connectivity index is 1.65. The number of tetrazole rings is 1. The van der Waals surface area contributed by atoms with Crippen molar-refractivity contribution in [1.29, 1.82) is 0 Å². The zero-order valence-corrected chi connectivity index (χ0v) is 15.5. The van der Waals surface area contributed by atoms with E-state index in [-0.39, 0.29) is 11.9 Å². The van der Waals surface area contributed by atoms with Gasteiger partial charge < -0.3 is 15.0 Å². The maximum atomic E-state index is 12.5. The zero-order valence-electron chi connectivity index (χ0n) is 15.5. The third-order valence-corrected chi connectivity index (χ3v) is 4.33. The molecule has 0 aliphatic rings. The Hall–Kier alpha value is -3.26. The zero-order chi connectivity index (χ0) is 19.2. The fourth-order valence-corrected chi connectivity index (χ4v) is 2.77. The van der Waals surface area contributed by atoms with Gasteiger partial charge in [0.2, 0.25) is 5.82 Å². The Labute approximate surface area is 157 Å². The van der Waals surface area contributed by atoms with Gasteiger partial charge in [0.05, 0.1) is 13.2 Å². The number of amides is 1. The predicted molar refractivity (Wildman–Crippen MR) is 101 cm³/mol. The Kier molecular flexibility index (Phi) is 5.77. The van der Waals surface area contributed by atoms with Crippen molar-refractivity contribution in [2.24, 2.45) is 0 Å². The van der Waals surface area contributed by atoms with Crippen molar-refractivity contribution in [3.05, 3.63) is 59.7 Å². The lowest BCUT2D eigenvalue weighted by Crippen LogP contribution is -2.34. The second kappa shape index (κ2) is 8.41. The number of likely N-dealkylation sites (N-methyl/N-ethyl adjacent to an activating group) is 1. The van der Waals surface area contributed by atoms with Gasteiger partial charge in [-0.3, -0.25) is 4.79 Å². The molecule has 3 aromatic rings. The molecule has 0 aliphatic carbocycles. The SMILES string of the molecule is COc1ccc([C@@H](CNC(=O)c2ccc(-c3nn[nH]n3)cc2)N(C)C)cc1. The third-order valence-electron chi connectivity index (χ3n) is 4.33. The minimum Gasteiger partial charge on any atom is -0.497 e. The summed E-state index contributed by atoms with van der Waals surface area (Å²) in [6.45, 7) is 0.491. The van der Waals surface area contributed by atoms with Gasteiger partial charge in [-0.2, -0.15) is 5.21 Å². The van der Waals surface area contributed by atoms with E-state index in [1.807, 2.05) is 38.4 Å². The van der Waals surface area contributed by atoms with E-state index < -0.39 is 0 Å². The molecule has 8 nitrogen and oxygen atoms in total. The molecular formula is C19H22N6O2. The second-order valence-electron chi connectivity index (χ2n) is 6.28. The molecule has 0 saturated carbocycles. The van der Waals surface area contributed by atoms with Gasteiger partial charge in [0.1, 0.15) is 5.75 Å². The molecule has 0 unspecified atom stereocenters. The standard InChI is InChI=1S/C19H22N6O2/c1-25(2)17(13-8-10-16(27-3)11-9-13)12-20-19(26)15-6-4-14(5-7-15)18-21-23-24-22-18/h4-11,17H,12H2,1-3H3,(H,20,26)(H,21,22,23,24)/t17-/m1/s1. The van der Waals surface area contributed by atoms with Crippen molar-refractivity contribution < 1.29 is 9.53 Å². The van der Waals surface area contributed by atoms with Crippen LogP contribution in [0.3, 0.4) is 0 Å². The van der Waals surface area contributed by atoms with Gasteiger partial charge in [-0.1, -0.05) is 24.3 Å². The monoisotopic (exact) mass is 366 g/mol. The van der Waals surface area contributed by atoms with Crippen LogP contribution in [-0.4, -0.2) is 59.2 Å². The fourth-order valence-electron chi connectivity index (χ4n) is 2.77. The highest BCUT2D eigenvalue weighted by molar-refractivity contribution is 5.94. The smallest absolute Gasteiger partial charge is 0.251 e. The largest absolute Gasteiger partial charge is 0.497 e. The minimum atomic E-state index is -0.130. The molecule has 1 heterocycles. The van der Waals surface area contributed by atoms with E-state index in [2.05, 4.69) is 30.8 Å². The van der Waals surface area contributed by atoms with Gasteiger partial charge in [-0.25, -0.2) is 0 Å². The van der Waals surface area contributed by atoms with Gasteiger partial charge >= 0.3 is 0 Å². The molecule has 0 bridgehead atoms. The number of methoxy groups -OCH3 is 1. The Morgan fingerprint density at radius 2 is 1.85 bits per heavy atom. The van der Waals surface area contributed by atoms with Crippen LogP contribution in [0, 0.1) is 0 Å². The Morgan fingerprint density at radius 3 is 2.41 bits per heavy atom. The van der Waals surface area contributed by atoms with Crippen LogP contribution in [0.4, 0.5) is 0 Å². The molecule has 0 spiro atoms. The van der Waals surface area contributed by atoms with Crippen LogP contribution in [0.1, 0.15) is 22.0 Å². The first-order valence-electron chi connectivity index (χ1n) is 8.51. The number of rotatable bonds is 7. The number of hydrogen-bond donors (Lipinski definition) is 2. The minimum absolute atomic E-state index is 0.0541. The lowest BCUT2D eigenvalue weighted by molar-refractivity contribution is 0.0942. The molecule has 0 saturated heterocycles. The van der Waals surface area contributed by atoms with Crippen LogP contribution in [0.25, 0.3) is 11.4 Å². The van der Waals surface area contributed by atoms with Gasteiger partial charge in [-0.05, 0) is 49.1 Å². The summed E-state index contributed by atoms with van der Waals surface area (Å²) >= 11 is 0. The second-order valence-corrected chi connectivity index (χ2v) is 6.28. The predicted octanol–water partition coefficient (Wildman–Crippen LogP) is 1.91. The van der Waals surface area contributed by atoms with Crippen molar-refractivity contribution in [3.8, 4) is 17.1 Å². The van der Waals surface area contributed by atoms with Crippen LogP contribution in [-0.2, 0) is 0 Å². The number of benzene rings is 2. The van der Waals surface area contributed by atoms with E-state index >= 15 is 0 Å². The lowest BCUT2D eigenvalue weighted by Gasteiger charge is -2.25. The maximum Gasteiger partial charge on any atom is 0.251 e. The topological polar surface area (TPSA) is 96.0 Å². The molecule has 2 N–H and O–H groups in total. The van der Waals surface area contributed by atoms with Crippen LogP contribution < -0.4 is 10.1 Å². The highest BCUT2D eigenvalue weighted by Gasteiger charge is 2.16. The number of carbonyl (C=O) groups excluding carboxylic acids is 1. The number of H-pyrrole nitrogens is 1. The van der Waals surface area contributed by atoms with Gasteiger partial charge in [0.15, 0.2) is 0 Å². The molecule has 0 aliphatic heterocycles. The van der Waals surface area contributed by atoms with Crippen molar-refractivity contribution in [2.45, 2.75) is 6.04 Å². The highest BCUT2D eigenvalue weighted by Crippen LogP contribution is 2.21. The molecule has 0 radical (unpaired) electrons. The number of carbonyl (C=O) groups is 1.